The van der Waals surface area contributed by atoms with Crippen molar-refractivity contribution >= 4 is 52.2 Å². The fourth-order valence-electron chi connectivity index (χ4n) is 8.62. The summed E-state index contributed by atoms with van der Waals surface area (Å²) < 4.78 is 52.4. The number of ether oxygens (including phenoxy) is 2. The summed E-state index contributed by atoms with van der Waals surface area (Å²) in [7, 11) is 3.07. The number of para-hydroxylation sites is 1. The zero-order valence-electron chi connectivity index (χ0n) is 26.7. The molecule has 3 aromatic carbocycles. The Morgan fingerprint density at radius 2 is 1.62 bits per heavy atom. The maximum absolute atomic E-state index is 14.0. The second-order valence-electron chi connectivity index (χ2n) is 13.0. The maximum Gasteiger partial charge on any atom is 0.416 e. The van der Waals surface area contributed by atoms with Gasteiger partial charge in [-0.1, -0.05) is 41.7 Å². The van der Waals surface area contributed by atoms with Crippen LogP contribution in [0.1, 0.15) is 28.3 Å². The first kappa shape index (κ1) is 32.6. The van der Waals surface area contributed by atoms with Crippen LogP contribution in [0, 0.1) is 29.6 Å². The van der Waals surface area contributed by atoms with Crippen LogP contribution in [0.5, 0.6) is 11.5 Å². The van der Waals surface area contributed by atoms with Crippen molar-refractivity contribution in [3.8, 4) is 11.5 Å². The third kappa shape index (κ3) is 5.05. The first-order chi connectivity index (χ1) is 24.0. The van der Waals surface area contributed by atoms with Crippen LogP contribution in [0.3, 0.4) is 0 Å². The number of thioether (sulfide) groups is 1. The van der Waals surface area contributed by atoms with E-state index in [2.05, 4.69) is 5.32 Å². The van der Waals surface area contributed by atoms with Crippen LogP contribution in [-0.4, -0.2) is 41.8 Å². The Balaban J connectivity index is 1.18. The average Bonchev–Trinajstić information content (AvgIpc) is 3.82. The number of hydrogen-bond acceptors (Lipinski definition) is 8. The van der Waals surface area contributed by atoms with Gasteiger partial charge in [0.2, 0.25) is 17.7 Å². The molecule has 2 aliphatic heterocycles. The third-order valence-electron chi connectivity index (χ3n) is 10.5. The van der Waals surface area contributed by atoms with Crippen molar-refractivity contribution in [1.82, 2.24) is 4.57 Å². The number of fused-ring (bicyclic) bond motifs is 9. The van der Waals surface area contributed by atoms with Crippen molar-refractivity contribution in [2.45, 2.75) is 35.3 Å². The van der Waals surface area contributed by atoms with E-state index in [-0.39, 0.29) is 51.3 Å². The Morgan fingerprint density at radius 3 is 2.32 bits per heavy atom. The predicted octanol–water partition coefficient (Wildman–Crippen LogP) is 6.26. The fraction of sp³-hybridized carbons (Fsp3) is 0.333. The van der Waals surface area contributed by atoms with E-state index >= 15 is 0 Å². The van der Waals surface area contributed by atoms with Gasteiger partial charge in [-0.3, -0.25) is 28.6 Å². The zero-order chi connectivity index (χ0) is 35.1. The van der Waals surface area contributed by atoms with Gasteiger partial charge in [-0.05, 0) is 72.2 Å². The standard InChI is InChI=1S/C36H30F3N3O6S2/c1-47-23-12-11-17(13-24(23)48-2)26-27-21-15-22(29-28(21)32(44)42(33(29)45)20-9-4-3-5-10-20)30(27)49-34-31(26)50-35(46)41(34)16-25(43)40-19-8-6-7-18(14-19)36(37,38)39/h3-14,21-22,26-30H,15-16H2,1-2H3,(H,40,43). The lowest BCUT2D eigenvalue weighted by atomic mass is 9.68. The highest BCUT2D eigenvalue weighted by Gasteiger charge is 2.70. The normalized spacial score (nSPS) is 26.4. The van der Waals surface area contributed by atoms with Crippen molar-refractivity contribution in [3.63, 3.8) is 0 Å². The number of methoxy groups -OCH3 is 2. The van der Waals surface area contributed by atoms with E-state index in [1.54, 1.807) is 30.3 Å². The number of halogens is 3. The molecule has 2 aliphatic carbocycles. The minimum Gasteiger partial charge on any atom is -0.493 e. The Labute approximate surface area is 292 Å². The number of hydrogen-bond donors (Lipinski definition) is 1. The van der Waals surface area contributed by atoms with Gasteiger partial charge in [-0.2, -0.15) is 13.2 Å². The van der Waals surface area contributed by atoms with Gasteiger partial charge in [-0.25, -0.2) is 0 Å². The van der Waals surface area contributed by atoms with E-state index in [1.807, 2.05) is 18.2 Å². The summed E-state index contributed by atoms with van der Waals surface area (Å²) in [6.07, 6.45) is -3.91. The van der Waals surface area contributed by atoms with Crippen LogP contribution >= 0.6 is 23.1 Å². The lowest BCUT2D eigenvalue weighted by Crippen LogP contribution is -2.43. The van der Waals surface area contributed by atoms with Gasteiger partial charge in [0.05, 0.1) is 42.3 Å². The van der Waals surface area contributed by atoms with E-state index in [0.29, 0.717) is 28.6 Å². The average molecular weight is 722 g/mol. The van der Waals surface area contributed by atoms with Crippen LogP contribution < -0.4 is 24.6 Å². The second kappa shape index (κ2) is 12.0. The highest BCUT2D eigenvalue weighted by molar-refractivity contribution is 8.00. The van der Waals surface area contributed by atoms with Gasteiger partial charge in [-0.15, -0.1) is 11.8 Å². The van der Waals surface area contributed by atoms with Crippen LogP contribution in [0.4, 0.5) is 24.5 Å². The summed E-state index contributed by atoms with van der Waals surface area (Å²) in [5.74, 6) is -1.77. The van der Waals surface area contributed by atoms with Crippen LogP contribution in [-0.2, 0) is 27.1 Å². The molecule has 14 heteroatoms. The van der Waals surface area contributed by atoms with Crippen molar-refractivity contribution in [3.05, 3.63) is 98.5 Å². The topological polar surface area (TPSA) is 107 Å². The molecule has 0 spiro atoms. The molecule has 3 fully saturated rings. The molecule has 4 aromatic rings. The molecule has 9 nitrogen and oxygen atoms in total. The number of anilines is 2. The number of thiazole rings is 1. The van der Waals surface area contributed by atoms with E-state index in [1.165, 1.54) is 47.6 Å². The Bertz CT molecular complexity index is 2100. The number of rotatable bonds is 7. The molecule has 8 rings (SSSR count). The lowest BCUT2D eigenvalue weighted by Gasteiger charge is -2.43. The summed E-state index contributed by atoms with van der Waals surface area (Å²) in [5, 5.41) is 2.95. The van der Waals surface area contributed by atoms with Gasteiger partial charge in [0.1, 0.15) is 6.54 Å². The molecule has 1 saturated heterocycles. The number of nitrogens with one attached hydrogen (secondary N) is 1. The van der Waals surface area contributed by atoms with Gasteiger partial charge in [0.15, 0.2) is 11.5 Å². The van der Waals surface area contributed by atoms with Gasteiger partial charge in [0, 0.05) is 21.7 Å². The quantitative estimate of drug-likeness (QED) is 0.225. The number of carbonyl (C=O) groups excluding carboxylic acids is 3. The Kier molecular flexibility index (Phi) is 7.86. The van der Waals surface area contributed by atoms with Crippen LogP contribution in [0.2, 0.25) is 0 Å². The first-order valence-corrected chi connectivity index (χ1v) is 17.7. The van der Waals surface area contributed by atoms with E-state index in [4.69, 9.17) is 9.47 Å². The lowest BCUT2D eigenvalue weighted by molar-refractivity contribution is -0.137. The summed E-state index contributed by atoms with van der Waals surface area (Å²) in [6, 6.07) is 18.8. The number of carbonyl (C=O) groups is 3. The smallest absolute Gasteiger partial charge is 0.416 e. The molecule has 0 radical (unpaired) electrons. The summed E-state index contributed by atoms with van der Waals surface area (Å²) >= 11 is 2.49. The second-order valence-corrected chi connectivity index (χ2v) is 15.1. The third-order valence-corrected chi connectivity index (χ3v) is 13.3. The van der Waals surface area contributed by atoms with Crippen LogP contribution in [0.25, 0.3) is 0 Å². The molecule has 7 atom stereocenters. The van der Waals surface area contributed by atoms with Crippen LogP contribution in [0.15, 0.2) is 82.6 Å². The molecular formula is C36H30F3N3O6S2. The number of aromatic nitrogens is 1. The Morgan fingerprint density at radius 1 is 0.900 bits per heavy atom. The maximum atomic E-state index is 14.0. The fourth-order valence-corrected chi connectivity index (χ4v) is 11.8. The van der Waals surface area contributed by atoms with Crippen molar-refractivity contribution in [1.29, 1.82) is 0 Å². The molecule has 258 valence electrons. The minimum absolute atomic E-state index is 0.0376. The SMILES string of the molecule is COc1ccc(C2c3sc(=O)n(CC(=O)Nc4cccc(C(F)(F)F)c4)c3SC3C4CC(C5C(=O)N(c6ccccc6)C(=O)C45)C23)cc1OC. The molecule has 7 unspecified atom stereocenters. The molecule has 2 bridgehead atoms. The molecule has 4 aliphatic rings. The number of imide groups is 1. The predicted molar refractivity (Wildman–Crippen MR) is 181 cm³/mol. The molecule has 3 heterocycles. The highest BCUT2D eigenvalue weighted by atomic mass is 32.2. The van der Waals surface area contributed by atoms with Gasteiger partial charge >= 0.3 is 11.0 Å². The number of benzene rings is 3. The molecule has 50 heavy (non-hydrogen) atoms. The summed E-state index contributed by atoms with van der Waals surface area (Å²) in [6.45, 7) is -0.413. The summed E-state index contributed by atoms with van der Waals surface area (Å²) in [5.41, 5.74) is 0.453. The van der Waals surface area contributed by atoms with E-state index in [0.717, 1.165) is 33.9 Å². The number of nitrogens with zero attached hydrogens (tertiary/aromatic N) is 2. The first-order valence-electron chi connectivity index (χ1n) is 16.0. The van der Waals surface area contributed by atoms with Crippen molar-refractivity contribution in [2.24, 2.45) is 29.6 Å². The van der Waals surface area contributed by atoms with E-state index in [9.17, 15) is 32.3 Å². The van der Waals surface area contributed by atoms with Crippen molar-refractivity contribution in [2.75, 3.05) is 24.4 Å². The largest absolute Gasteiger partial charge is 0.493 e. The minimum atomic E-state index is -4.58. The van der Waals surface area contributed by atoms with Crippen molar-refractivity contribution < 1.29 is 37.0 Å². The van der Waals surface area contributed by atoms with E-state index < -0.39 is 36.0 Å². The highest BCUT2D eigenvalue weighted by Crippen LogP contribution is 2.69. The number of alkyl halides is 3. The molecule has 3 amide bonds. The monoisotopic (exact) mass is 721 g/mol. The van der Waals surface area contributed by atoms with Gasteiger partial charge in [0.25, 0.3) is 0 Å². The molecule has 1 aromatic heterocycles. The summed E-state index contributed by atoms with van der Waals surface area (Å²) in [4.78, 5) is 56.6. The number of amides is 3. The zero-order valence-corrected chi connectivity index (χ0v) is 28.3. The molecular weight excluding hydrogens is 692 g/mol. The molecule has 1 N–H and O–H groups in total. The Hall–Kier alpha value is -4.56. The van der Waals surface area contributed by atoms with Gasteiger partial charge < -0.3 is 14.8 Å². The molecule has 2 saturated carbocycles.